The number of carbonyl (C=O) groups excluding carboxylic acids is 1. The monoisotopic (exact) mass is 339 g/mol. The number of benzene rings is 2. The van der Waals surface area contributed by atoms with Gasteiger partial charge in [-0.2, -0.15) is 0 Å². The van der Waals surface area contributed by atoms with E-state index in [1.54, 1.807) is 42.5 Å². The van der Waals surface area contributed by atoms with E-state index in [2.05, 4.69) is 21.2 Å². The highest BCUT2D eigenvalue weighted by Crippen LogP contribution is 2.23. The van der Waals surface area contributed by atoms with Gasteiger partial charge in [-0.1, -0.05) is 23.7 Å². The van der Waals surface area contributed by atoms with Crippen molar-refractivity contribution in [3.05, 3.63) is 63.1 Å². The minimum absolute atomic E-state index is 0.176. The molecule has 0 aliphatic carbocycles. The Hall–Kier alpha value is -1.52. The smallest absolute Gasteiger partial charge is 0.251 e. The van der Waals surface area contributed by atoms with Gasteiger partial charge in [-0.25, -0.2) is 0 Å². The Bertz CT molecular complexity index is 599. The van der Waals surface area contributed by atoms with Gasteiger partial charge < -0.3 is 10.4 Å². The molecule has 5 heteroatoms. The summed E-state index contributed by atoms with van der Waals surface area (Å²) in [7, 11) is 0. The highest BCUT2D eigenvalue weighted by molar-refractivity contribution is 9.10. The van der Waals surface area contributed by atoms with Crippen molar-refractivity contribution in [3.63, 3.8) is 0 Å². The normalized spacial score (nSPS) is 10.2. The third-order valence-electron chi connectivity index (χ3n) is 2.57. The van der Waals surface area contributed by atoms with Crippen molar-refractivity contribution in [2.45, 2.75) is 6.54 Å². The van der Waals surface area contributed by atoms with Crippen molar-refractivity contribution in [2.75, 3.05) is 0 Å². The molecule has 1 amide bonds. The van der Waals surface area contributed by atoms with Gasteiger partial charge in [0.25, 0.3) is 5.91 Å². The molecule has 3 nitrogen and oxygen atoms in total. The quantitative estimate of drug-likeness (QED) is 0.894. The standard InChI is InChI=1S/C14H11BrClNO2/c15-12-7-10(3-6-13(12)16)14(19)17-8-9-1-4-11(18)5-2-9/h1-7,18H,8H2,(H,17,19). The van der Waals surface area contributed by atoms with Crippen LogP contribution in [-0.2, 0) is 6.54 Å². The van der Waals surface area contributed by atoms with Gasteiger partial charge in [0.2, 0.25) is 0 Å². The van der Waals surface area contributed by atoms with Gasteiger partial charge in [-0.15, -0.1) is 0 Å². The fourth-order valence-electron chi connectivity index (χ4n) is 1.54. The third kappa shape index (κ3) is 3.72. The Kier molecular flexibility index (Phi) is 4.45. The lowest BCUT2D eigenvalue weighted by Gasteiger charge is -2.06. The zero-order chi connectivity index (χ0) is 13.8. The summed E-state index contributed by atoms with van der Waals surface area (Å²) >= 11 is 9.15. The van der Waals surface area contributed by atoms with Crippen LogP contribution in [0, 0.1) is 0 Å². The number of carbonyl (C=O) groups is 1. The Morgan fingerprint density at radius 2 is 1.89 bits per heavy atom. The molecule has 2 aromatic rings. The van der Waals surface area contributed by atoms with Gasteiger partial charge >= 0.3 is 0 Å². The van der Waals surface area contributed by atoms with Crippen LogP contribution >= 0.6 is 27.5 Å². The molecule has 2 N–H and O–H groups in total. The van der Waals surface area contributed by atoms with Crippen molar-refractivity contribution < 1.29 is 9.90 Å². The Labute approximate surface area is 124 Å². The van der Waals surface area contributed by atoms with E-state index in [1.807, 2.05) is 0 Å². The van der Waals surface area contributed by atoms with E-state index in [4.69, 9.17) is 16.7 Å². The van der Waals surface area contributed by atoms with E-state index < -0.39 is 0 Å². The largest absolute Gasteiger partial charge is 0.508 e. The Morgan fingerprint density at radius 3 is 2.53 bits per heavy atom. The first kappa shape index (κ1) is 13.9. The van der Waals surface area contributed by atoms with Gasteiger partial charge in [-0.05, 0) is 51.8 Å². The van der Waals surface area contributed by atoms with E-state index in [0.29, 0.717) is 21.6 Å². The van der Waals surface area contributed by atoms with E-state index in [0.717, 1.165) is 5.56 Å². The van der Waals surface area contributed by atoms with Crippen LogP contribution in [-0.4, -0.2) is 11.0 Å². The van der Waals surface area contributed by atoms with Gasteiger partial charge in [0.1, 0.15) is 5.75 Å². The van der Waals surface area contributed by atoms with Crippen LogP contribution < -0.4 is 5.32 Å². The first-order valence-corrected chi connectivity index (χ1v) is 6.74. The van der Waals surface area contributed by atoms with Crippen LogP contribution in [0.4, 0.5) is 0 Å². The number of hydrogen-bond acceptors (Lipinski definition) is 2. The molecular formula is C14H11BrClNO2. The molecule has 0 aliphatic heterocycles. The molecule has 98 valence electrons. The highest BCUT2D eigenvalue weighted by atomic mass is 79.9. The van der Waals surface area contributed by atoms with Gasteiger partial charge in [0, 0.05) is 16.6 Å². The first-order chi connectivity index (χ1) is 9.06. The second-order valence-electron chi connectivity index (χ2n) is 3.98. The van der Waals surface area contributed by atoms with Crippen LogP contribution in [0.1, 0.15) is 15.9 Å². The van der Waals surface area contributed by atoms with Gasteiger partial charge in [0.05, 0.1) is 5.02 Å². The summed E-state index contributed by atoms with van der Waals surface area (Å²) in [5.74, 6) is 0.0298. The summed E-state index contributed by atoms with van der Waals surface area (Å²) in [5.41, 5.74) is 1.45. The highest BCUT2D eigenvalue weighted by Gasteiger charge is 2.07. The molecule has 0 bridgehead atoms. The maximum atomic E-state index is 11.9. The van der Waals surface area contributed by atoms with Crippen LogP contribution in [0.25, 0.3) is 0 Å². The Balaban J connectivity index is 2.01. The second-order valence-corrected chi connectivity index (χ2v) is 5.24. The van der Waals surface area contributed by atoms with E-state index in [9.17, 15) is 4.79 Å². The average Bonchev–Trinajstić information content (AvgIpc) is 2.41. The van der Waals surface area contributed by atoms with Crippen molar-refractivity contribution >= 4 is 33.4 Å². The molecule has 0 atom stereocenters. The van der Waals surface area contributed by atoms with E-state index >= 15 is 0 Å². The molecule has 19 heavy (non-hydrogen) atoms. The average molecular weight is 341 g/mol. The minimum atomic E-state index is -0.176. The molecular weight excluding hydrogens is 330 g/mol. The van der Waals surface area contributed by atoms with Crippen molar-refractivity contribution in [2.24, 2.45) is 0 Å². The molecule has 0 unspecified atom stereocenters. The lowest BCUT2D eigenvalue weighted by molar-refractivity contribution is 0.0951. The molecule has 0 heterocycles. The molecule has 0 saturated carbocycles. The van der Waals surface area contributed by atoms with Crippen LogP contribution in [0.3, 0.4) is 0 Å². The van der Waals surface area contributed by atoms with E-state index in [-0.39, 0.29) is 11.7 Å². The zero-order valence-corrected chi connectivity index (χ0v) is 12.2. The fourth-order valence-corrected chi connectivity index (χ4v) is 2.03. The number of nitrogens with one attached hydrogen (secondary N) is 1. The molecule has 0 spiro atoms. The summed E-state index contributed by atoms with van der Waals surface area (Å²) in [5, 5.41) is 12.5. The summed E-state index contributed by atoms with van der Waals surface area (Å²) < 4.78 is 0.687. The van der Waals surface area contributed by atoms with Crippen LogP contribution in [0.15, 0.2) is 46.9 Å². The number of hydrogen-bond donors (Lipinski definition) is 2. The third-order valence-corrected chi connectivity index (χ3v) is 3.79. The number of amides is 1. The number of aromatic hydroxyl groups is 1. The lowest BCUT2D eigenvalue weighted by Crippen LogP contribution is -2.22. The predicted molar refractivity (Wildman–Crippen MR) is 78.4 cm³/mol. The molecule has 0 aromatic heterocycles. The number of phenolic OH excluding ortho intramolecular Hbond substituents is 1. The molecule has 2 rings (SSSR count). The number of rotatable bonds is 3. The molecule has 0 aliphatic rings. The van der Waals surface area contributed by atoms with Crippen LogP contribution in [0.2, 0.25) is 5.02 Å². The molecule has 0 saturated heterocycles. The maximum Gasteiger partial charge on any atom is 0.251 e. The maximum absolute atomic E-state index is 11.9. The lowest BCUT2D eigenvalue weighted by atomic mass is 10.2. The van der Waals surface area contributed by atoms with E-state index in [1.165, 1.54) is 0 Å². The number of halogens is 2. The topological polar surface area (TPSA) is 49.3 Å². The Morgan fingerprint density at radius 1 is 1.21 bits per heavy atom. The second kappa shape index (κ2) is 6.08. The summed E-state index contributed by atoms with van der Waals surface area (Å²) in [4.78, 5) is 11.9. The summed E-state index contributed by atoms with van der Waals surface area (Å²) in [6.07, 6.45) is 0. The SMILES string of the molecule is O=C(NCc1ccc(O)cc1)c1ccc(Cl)c(Br)c1. The minimum Gasteiger partial charge on any atom is -0.508 e. The number of phenols is 1. The van der Waals surface area contributed by atoms with Crippen molar-refractivity contribution in [3.8, 4) is 5.75 Å². The summed E-state index contributed by atoms with van der Waals surface area (Å²) in [6.45, 7) is 0.402. The van der Waals surface area contributed by atoms with Crippen molar-refractivity contribution in [1.29, 1.82) is 0 Å². The van der Waals surface area contributed by atoms with Gasteiger partial charge in [0.15, 0.2) is 0 Å². The van der Waals surface area contributed by atoms with Crippen molar-refractivity contribution in [1.82, 2.24) is 5.32 Å². The summed E-state index contributed by atoms with van der Waals surface area (Å²) in [6, 6.07) is 11.7. The zero-order valence-electron chi connectivity index (χ0n) is 9.86. The first-order valence-electron chi connectivity index (χ1n) is 5.57. The van der Waals surface area contributed by atoms with Crippen LogP contribution in [0.5, 0.6) is 5.75 Å². The molecule has 0 fully saturated rings. The molecule has 2 aromatic carbocycles. The molecule has 0 radical (unpaired) electrons. The fraction of sp³-hybridized carbons (Fsp3) is 0.0714. The predicted octanol–water partition coefficient (Wildman–Crippen LogP) is 3.74. The van der Waals surface area contributed by atoms with Gasteiger partial charge in [-0.3, -0.25) is 4.79 Å².